The summed E-state index contributed by atoms with van der Waals surface area (Å²) >= 11 is 0. The van der Waals surface area contributed by atoms with Crippen LogP contribution in [-0.2, 0) is 6.18 Å². The van der Waals surface area contributed by atoms with E-state index in [9.17, 15) is 18.0 Å². The van der Waals surface area contributed by atoms with Crippen LogP contribution in [0.15, 0.2) is 55.0 Å². The summed E-state index contributed by atoms with van der Waals surface area (Å²) in [6.07, 6.45) is -0.240. The van der Waals surface area contributed by atoms with E-state index in [1.807, 2.05) is 0 Å². The summed E-state index contributed by atoms with van der Waals surface area (Å²) < 4.78 is 39.7. The monoisotopic (exact) mass is 358 g/mol. The van der Waals surface area contributed by atoms with Crippen LogP contribution in [0.1, 0.15) is 21.7 Å². The number of carbonyl (C=O) groups excluding carboxylic acids is 1. The number of nitrogens with zero attached hydrogens (tertiary/aromatic N) is 3. The zero-order valence-electron chi connectivity index (χ0n) is 13.6. The summed E-state index contributed by atoms with van der Waals surface area (Å²) in [6.45, 7) is 1.75. The summed E-state index contributed by atoms with van der Waals surface area (Å²) in [6, 6.07) is 8.71. The van der Waals surface area contributed by atoms with Crippen LogP contribution in [0.4, 0.5) is 19.0 Å². The fourth-order valence-corrected chi connectivity index (χ4v) is 2.33. The van der Waals surface area contributed by atoms with Crippen LogP contribution in [0.5, 0.6) is 0 Å². The largest absolute Gasteiger partial charge is 0.433 e. The molecule has 3 rings (SSSR count). The average Bonchev–Trinajstić information content (AvgIpc) is 2.62. The number of aryl methyl sites for hydroxylation is 1. The van der Waals surface area contributed by atoms with Crippen LogP contribution in [0.3, 0.4) is 0 Å². The van der Waals surface area contributed by atoms with Gasteiger partial charge in [-0.1, -0.05) is 6.07 Å². The molecule has 0 bridgehead atoms. The Hall–Kier alpha value is -3.29. The van der Waals surface area contributed by atoms with Crippen LogP contribution in [0.2, 0.25) is 0 Å². The lowest BCUT2D eigenvalue weighted by atomic mass is 10.0. The minimum Gasteiger partial charge on any atom is -0.305 e. The van der Waals surface area contributed by atoms with Gasteiger partial charge in [0.2, 0.25) is 0 Å². The molecule has 8 heteroatoms. The van der Waals surface area contributed by atoms with Gasteiger partial charge in [-0.3, -0.25) is 9.78 Å². The van der Waals surface area contributed by atoms with Crippen molar-refractivity contribution in [2.24, 2.45) is 0 Å². The molecule has 0 radical (unpaired) electrons. The molecule has 0 aliphatic carbocycles. The number of pyridine rings is 3. The van der Waals surface area contributed by atoms with Gasteiger partial charge in [-0.05, 0) is 48.4 Å². The van der Waals surface area contributed by atoms with E-state index < -0.39 is 17.8 Å². The maximum atomic E-state index is 13.2. The quantitative estimate of drug-likeness (QED) is 0.765. The summed E-state index contributed by atoms with van der Waals surface area (Å²) in [7, 11) is 0. The molecule has 0 saturated heterocycles. The van der Waals surface area contributed by atoms with E-state index in [1.165, 1.54) is 24.5 Å². The highest BCUT2D eigenvalue weighted by Crippen LogP contribution is 2.32. The van der Waals surface area contributed by atoms with Crippen molar-refractivity contribution in [1.29, 1.82) is 0 Å². The van der Waals surface area contributed by atoms with Crippen molar-refractivity contribution < 1.29 is 18.0 Å². The molecule has 3 aromatic rings. The number of hydrogen-bond donors (Lipinski definition) is 1. The van der Waals surface area contributed by atoms with E-state index in [0.29, 0.717) is 5.56 Å². The van der Waals surface area contributed by atoms with Crippen LogP contribution in [0.25, 0.3) is 11.1 Å². The molecule has 26 heavy (non-hydrogen) atoms. The fourth-order valence-electron chi connectivity index (χ4n) is 2.33. The van der Waals surface area contributed by atoms with Crippen LogP contribution in [0, 0.1) is 6.92 Å². The molecule has 0 aliphatic heterocycles. The molecule has 0 spiro atoms. The number of aromatic nitrogens is 3. The van der Waals surface area contributed by atoms with E-state index in [4.69, 9.17) is 0 Å². The highest BCUT2D eigenvalue weighted by molar-refractivity contribution is 6.03. The molecular formula is C18H13F3N4O. The smallest absolute Gasteiger partial charge is 0.305 e. The maximum Gasteiger partial charge on any atom is 0.433 e. The topological polar surface area (TPSA) is 67.8 Å². The normalized spacial score (nSPS) is 11.2. The second kappa shape index (κ2) is 6.91. The van der Waals surface area contributed by atoms with Crippen molar-refractivity contribution in [3.05, 3.63) is 71.9 Å². The van der Waals surface area contributed by atoms with Crippen molar-refractivity contribution in [3.8, 4) is 11.1 Å². The minimum atomic E-state index is -4.69. The second-order valence-electron chi connectivity index (χ2n) is 5.48. The highest BCUT2D eigenvalue weighted by atomic mass is 19.4. The molecule has 0 aliphatic rings. The first kappa shape index (κ1) is 17.5. The van der Waals surface area contributed by atoms with Crippen molar-refractivity contribution in [2.45, 2.75) is 13.1 Å². The third-order valence-electron chi connectivity index (χ3n) is 3.60. The van der Waals surface area contributed by atoms with E-state index >= 15 is 0 Å². The Labute approximate surface area is 147 Å². The number of amides is 1. The van der Waals surface area contributed by atoms with Gasteiger partial charge >= 0.3 is 6.18 Å². The number of halogens is 3. The summed E-state index contributed by atoms with van der Waals surface area (Å²) in [5.74, 6) is -0.562. The zero-order valence-corrected chi connectivity index (χ0v) is 13.6. The standard InChI is InChI=1S/C18H13F3N4O/c1-11-5-7-22-10-13(11)12-8-14(24-15(9-12)18(19,20)21)17(26)25-16-4-2-3-6-23-16/h2-10H,1H3,(H,23,25,26). The molecule has 3 heterocycles. The number of anilines is 1. The Kier molecular flexibility index (Phi) is 4.66. The third-order valence-corrected chi connectivity index (χ3v) is 3.60. The molecule has 132 valence electrons. The maximum absolute atomic E-state index is 13.2. The molecule has 5 nitrogen and oxygen atoms in total. The van der Waals surface area contributed by atoms with E-state index in [-0.39, 0.29) is 17.1 Å². The number of carbonyl (C=O) groups is 1. The van der Waals surface area contributed by atoms with Gasteiger partial charge in [0.25, 0.3) is 5.91 Å². The molecule has 0 aromatic carbocycles. The molecule has 3 aromatic heterocycles. The fraction of sp³-hybridized carbons (Fsp3) is 0.111. The zero-order chi connectivity index (χ0) is 18.7. The predicted octanol–water partition coefficient (Wildman–Crippen LogP) is 4.12. The number of hydrogen-bond acceptors (Lipinski definition) is 4. The van der Waals surface area contributed by atoms with Crippen molar-refractivity contribution in [2.75, 3.05) is 5.32 Å². The van der Waals surface area contributed by atoms with Gasteiger partial charge in [0.15, 0.2) is 0 Å². The van der Waals surface area contributed by atoms with Gasteiger partial charge in [-0.15, -0.1) is 0 Å². The van der Waals surface area contributed by atoms with Crippen LogP contribution in [-0.4, -0.2) is 20.9 Å². The molecule has 0 fully saturated rings. The highest BCUT2D eigenvalue weighted by Gasteiger charge is 2.34. The lowest BCUT2D eigenvalue weighted by molar-refractivity contribution is -0.141. The molecule has 0 unspecified atom stereocenters. The molecule has 1 amide bonds. The molecule has 0 saturated carbocycles. The van der Waals surface area contributed by atoms with Gasteiger partial charge in [0, 0.05) is 24.2 Å². The first-order chi connectivity index (χ1) is 12.3. The van der Waals surface area contributed by atoms with Crippen LogP contribution >= 0.6 is 0 Å². The van der Waals surface area contributed by atoms with E-state index in [0.717, 1.165) is 11.6 Å². The van der Waals surface area contributed by atoms with Crippen molar-refractivity contribution >= 4 is 11.7 Å². The second-order valence-corrected chi connectivity index (χ2v) is 5.48. The average molecular weight is 358 g/mol. The van der Waals surface area contributed by atoms with Crippen molar-refractivity contribution in [1.82, 2.24) is 15.0 Å². The van der Waals surface area contributed by atoms with E-state index in [1.54, 1.807) is 31.3 Å². The number of alkyl halides is 3. The third kappa shape index (κ3) is 3.85. The van der Waals surface area contributed by atoms with Gasteiger partial charge in [0.05, 0.1) is 0 Å². The predicted molar refractivity (Wildman–Crippen MR) is 89.4 cm³/mol. The van der Waals surface area contributed by atoms with Gasteiger partial charge in [0.1, 0.15) is 17.2 Å². The Morgan fingerprint density at radius 1 is 1.12 bits per heavy atom. The van der Waals surface area contributed by atoms with Gasteiger partial charge in [-0.2, -0.15) is 13.2 Å². The molecule has 0 atom stereocenters. The molecular weight excluding hydrogens is 345 g/mol. The summed E-state index contributed by atoms with van der Waals surface area (Å²) in [5.41, 5.74) is -0.0695. The first-order valence-electron chi connectivity index (χ1n) is 7.57. The Morgan fingerprint density at radius 3 is 2.58 bits per heavy atom. The first-order valence-corrected chi connectivity index (χ1v) is 7.57. The summed E-state index contributed by atoms with van der Waals surface area (Å²) in [5, 5.41) is 2.43. The number of rotatable bonds is 3. The van der Waals surface area contributed by atoms with Crippen molar-refractivity contribution in [3.63, 3.8) is 0 Å². The number of nitrogens with one attached hydrogen (secondary N) is 1. The lowest BCUT2D eigenvalue weighted by Gasteiger charge is -2.12. The summed E-state index contributed by atoms with van der Waals surface area (Å²) in [4.78, 5) is 23.7. The van der Waals surface area contributed by atoms with Gasteiger partial charge < -0.3 is 5.32 Å². The minimum absolute atomic E-state index is 0.212. The Balaban J connectivity index is 2.06. The molecule has 1 N–H and O–H groups in total. The Morgan fingerprint density at radius 2 is 1.92 bits per heavy atom. The lowest BCUT2D eigenvalue weighted by Crippen LogP contribution is -2.18. The van der Waals surface area contributed by atoms with Crippen LogP contribution < -0.4 is 5.32 Å². The Bertz CT molecular complexity index is 943. The SMILES string of the molecule is Cc1ccncc1-c1cc(C(=O)Nc2ccccn2)nc(C(F)(F)F)c1. The van der Waals surface area contributed by atoms with E-state index in [2.05, 4.69) is 20.3 Å². The van der Waals surface area contributed by atoms with Gasteiger partial charge in [-0.25, -0.2) is 9.97 Å².